The van der Waals surface area contributed by atoms with Crippen molar-refractivity contribution in [3.05, 3.63) is 17.8 Å². The second-order valence-electron chi connectivity index (χ2n) is 2.57. The van der Waals surface area contributed by atoms with Crippen molar-refractivity contribution in [2.75, 3.05) is 11.1 Å². The van der Waals surface area contributed by atoms with Gasteiger partial charge in [0.15, 0.2) is 0 Å². The number of rotatable bonds is 1. The van der Waals surface area contributed by atoms with Crippen LogP contribution in [-0.2, 0) is 4.79 Å². The van der Waals surface area contributed by atoms with E-state index in [1.807, 2.05) is 6.92 Å². The molecule has 1 rings (SSSR count). The molecule has 0 aliphatic rings. The summed E-state index contributed by atoms with van der Waals surface area (Å²) < 4.78 is 0. The Balaban J connectivity index is 3.04. The molecule has 4 nitrogen and oxygen atoms in total. The molecule has 0 aromatic carbocycles. The minimum Gasteiger partial charge on any atom is -0.382 e. The third-order valence-electron chi connectivity index (χ3n) is 1.49. The first-order chi connectivity index (χ1) is 5.61. The lowest BCUT2D eigenvalue weighted by Crippen LogP contribution is -2.10. The summed E-state index contributed by atoms with van der Waals surface area (Å²) in [7, 11) is 0. The van der Waals surface area contributed by atoms with E-state index in [0.717, 1.165) is 5.56 Å². The number of aromatic nitrogens is 1. The smallest absolute Gasteiger partial charge is 0.221 e. The van der Waals surface area contributed by atoms with Gasteiger partial charge in [-0.2, -0.15) is 0 Å². The standard InChI is InChI=1S/C8H11N3O/c1-5-3-4-10-8(9)7(5)11-6(2)12/h3-4H,1-2H3,(H2,9,10)(H,11,12). The Hall–Kier alpha value is -1.58. The molecule has 0 fully saturated rings. The maximum absolute atomic E-state index is 10.7. The fourth-order valence-electron chi connectivity index (χ4n) is 0.918. The third kappa shape index (κ3) is 1.72. The molecule has 0 spiro atoms. The monoisotopic (exact) mass is 165 g/mol. The summed E-state index contributed by atoms with van der Waals surface area (Å²) in [4.78, 5) is 14.6. The van der Waals surface area contributed by atoms with Gasteiger partial charge in [0.1, 0.15) is 5.82 Å². The first-order valence-electron chi connectivity index (χ1n) is 3.60. The largest absolute Gasteiger partial charge is 0.382 e. The molecule has 1 aromatic heterocycles. The molecule has 0 bridgehead atoms. The summed E-state index contributed by atoms with van der Waals surface area (Å²) in [6, 6.07) is 1.79. The topological polar surface area (TPSA) is 68.0 Å². The molecule has 0 unspecified atom stereocenters. The number of carbonyl (C=O) groups excluding carboxylic acids is 1. The average Bonchev–Trinajstić information content (AvgIpc) is 1.97. The van der Waals surface area contributed by atoms with E-state index in [9.17, 15) is 4.79 Å². The van der Waals surface area contributed by atoms with Crippen LogP contribution in [-0.4, -0.2) is 10.9 Å². The zero-order valence-electron chi connectivity index (χ0n) is 7.09. The van der Waals surface area contributed by atoms with Gasteiger partial charge in [-0.15, -0.1) is 0 Å². The number of nitrogens with two attached hydrogens (primary N) is 1. The van der Waals surface area contributed by atoms with Gasteiger partial charge in [0.2, 0.25) is 5.91 Å². The van der Waals surface area contributed by atoms with Crippen molar-refractivity contribution in [1.82, 2.24) is 4.98 Å². The number of aryl methyl sites for hydroxylation is 1. The van der Waals surface area contributed by atoms with E-state index in [-0.39, 0.29) is 5.91 Å². The predicted octanol–water partition coefficient (Wildman–Crippen LogP) is 0.931. The molecule has 64 valence electrons. The van der Waals surface area contributed by atoms with E-state index in [0.29, 0.717) is 11.5 Å². The van der Waals surface area contributed by atoms with Crippen LogP contribution in [0.3, 0.4) is 0 Å². The number of anilines is 2. The van der Waals surface area contributed by atoms with E-state index in [1.165, 1.54) is 6.92 Å². The van der Waals surface area contributed by atoms with Crippen molar-refractivity contribution < 1.29 is 4.79 Å². The molecule has 0 saturated heterocycles. The number of hydrogen-bond acceptors (Lipinski definition) is 3. The quantitative estimate of drug-likeness (QED) is 0.650. The van der Waals surface area contributed by atoms with Gasteiger partial charge in [-0.25, -0.2) is 4.98 Å². The molecule has 1 amide bonds. The lowest BCUT2D eigenvalue weighted by Gasteiger charge is -2.07. The Bertz CT molecular complexity index is 289. The van der Waals surface area contributed by atoms with Crippen LogP contribution >= 0.6 is 0 Å². The van der Waals surface area contributed by atoms with E-state index >= 15 is 0 Å². The second kappa shape index (κ2) is 3.21. The average molecular weight is 165 g/mol. The highest BCUT2D eigenvalue weighted by atomic mass is 16.1. The molecule has 0 aliphatic carbocycles. The Morgan fingerprint density at radius 2 is 2.33 bits per heavy atom. The van der Waals surface area contributed by atoms with Crippen LogP contribution in [0.1, 0.15) is 12.5 Å². The molecule has 1 aromatic rings. The Kier molecular flexibility index (Phi) is 2.28. The minimum absolute atomic E-state index is 0.141. The first kappa shape index (κ1) is 8.52. The Labute approximate surface area is 70.8 Å². The van der Waals surface area contributed by atoms with Gasteiger partial charge >= 0.3 is 0 Å². The van der Waals surface area contributed by atoms with Crippen molar-refractivity contribution in [3.8, 4) is 0 Å². The van der Waals surface area contributed by atoms with Crippen LogP contribution in [0.2, 0.25) is 0 Å². The molecule has 0 aliphatic heterocycles. The van der Waals surface area contributed by atoms with Gasteiger partial charge in [-0.3, -0.25) is 4.79 Å². The number of carbonyl (C=O) groups is 1. The van der Waals surface area contributed by atoms with Crippen LogP contribution in [0.15, 0.2) is 12.3 Å². The molecular formula is C8H11N3O. The molecule has 4 heteroatoms. The molecule has 0 saturated carbocycles. The highest BCUT2D eigenvalue weighted by molar-refractivity contribution is 5.92. The molecular weight excluding hydrogens is 154 g/mol. The summed E-state index contributed by atoms with van der Waals surface area (Å²) in [5, 5.41) is 2.61. The van der Waals surface area contributed by atoms with Crippen molar-refractivity contribution in [2.24, 2.45) is 0 Å². The number of nitrogen functional groups attached to an aromatic ring is 1. The maximum atomic E-state index is 10.7. The third-order valence-corrected chi connectivity index (χ3v) is 1.49. The number of amides is 1. The normalized spacial score (nSPS) is 9.50. The summed E-state index contributed by atoms with van der Waals surface area (Å²) in [6.07, 6.45) is 1.61. The summed E-state index contributed by atoms with van der Waals surface area (Å²) in [5.74, 6) is 0.211. The Morgan fingerprint density at radius 1 is 1.67 bits per heavy atom. The number of hydrogen-bond donors (Lipinski definition) is 2. The fraction of sp³-hybridized carbons (Fsp3) is 0.250. The number of pyridine rings is 1. The van der Waals surface area contributed by atoms with Crippen molar-refractivity contribution in [1.29, 1.82) is 0 Å². The fourth-order valence-corrected chi connectivity index (χ4v) is 0.918. The zero-order valence-corrected chi connectivity index (χ0v) is 7.09. The van der Waals surface area contributed by atoms with Gasteiger partial charge in [-0.05, 0) is 18.6 Å². The summed E-state index contributed by atoms with van der Waals surface area (Å²) in [6.45, 7) is 3.30. The summed E-state index contributed by atoms with van der Waals surface area (Å²) in [5.41, 5.74) is 7.06. The van der Waals surface area contributed by atoms with Gasteiger partial charge in [0.05, 0.1) is 5.69 Å². The highest BCUT2D eigenvalue weighted by Crippen LogP contribution is 2.19. The van der Waals surface area contributed by atoms with Gasteiger partial charge in [0.25, 0.3) is 0 Å². The molecule has 0 atom stereocenters. The molecule has 0 radical (unpaired) electrons. The van der Waals surface area contributed by atoms with Crippen molar-refractivity contribution in [2.45, 2.75) is 13.8 Å². The molecule has 12 heavy (non-hydrogen) atoms. The molecule has 1 heterocycles. The van der Waals surface area contributed by atoms with Crippen LogP contribution < -0.4 is 11.1 Å². The maximum Gasteiger partial charge on any atom is 0.221 e. The Morgan fingerprint density at radius 3 is 2.83 bits per heavy atom. The number of nitrogens with one attached hydrogen (secondary N) is 1. The van der Waals surface area contributed by atoms with Crippen LogP contribution in [0.5, 0.6) is 0 Å². The van der Waals surface area contributed by atoms with Crippen molar-refractivity contribution in [3.63, 3.8) is 0 Å². The zero-order chi connectivity index (χ0) is 9.14. The van der Waals surface area contributed by atoms with E-state index in [4.69, 9.17) is 5.73 Å². The number of nitrogens with zero attached hydrogens (tertiary/aromatic N) is 1. The SMILES string of the molecule is CC(=O)Nc1c(C)ccnc1N. The lowest BCUT2D eigenvalue weighted by atomic mass is 10.2. The van der Waals surface area contributed by atoms with Crippen molar-refractivity contribution >= 4 is 17.4 Å². The van der Waals surface area contributed by atoms with Gasteiger partial charge in [0, 0.05) is 13.1 Å². The van der Waals surface area contributed by atoms with E-state index in [2.05, 4.69) is 10.3 Å². The first-order valence-corrected chi connectivity index (χ1v) is 3.60. The van der Waals surface area contributed by atoms with Crippen LogP contribution in [0, 0.1) is 6.92 Å². The highest BCUT2D eigenvalue weighted by Gasteiger charge is 2.04. The lowest BCUT2D eigenvalue weighted by molar-refractivity contribution is -0.114. The van der Waals surface area contributed by atoms with Gasteiger partial charge in [-0.1, -0.05) is 0 Å². The van der Waals surface area contributed by atoms with E-state index in [1.54, 1.807) is 12.3 Å². The van der Waals surface area contributed by atoms with Crippen LogP contribution in [0.4, 0.5) is 11.5 Å². The molecule has 3 N–H and O–H groups in total. The van der Waals surface area contributed by atoms with Crippen LogP contribution in [0.25, 0.3) is 0 Å². The van der Waals surface area contributed by atoms with Gasteiger partial charge < -0.3 is 11.1 Å². The predicted molar refractivity (Wildman–Crippen MR) is 47.7 cm³/mol. The summed E-state index contributed by atoms with van der Waals surface area (Å²) >= 11 is 0. The minimum atomic E-state index is -0.141. The second-order valence-corrected chi connectivity index (χ2v) is 2.57. The van der Waals surface area contributed by atoms with E-state index < -0.39 is 0 Å².